The fourth-order valence-electron chi connectivity index (χ4n) is 2.30. The van der Waals surface area contributed by atoms with E-state index in [9.17, 15) is 9.59 Å². The SMILES string of the molecule is O=C(O)[C@H]1CC[C@H](C(=O)O)c2ccccc21. The van der Waals surface area contributed by atoms with Crippen molar-refractivity contribution >= 4 is 11.9 Å². The van der Waals surface area contributed by atoms with Gasteiger partial charge in [0.15, 0.2) is 0 Å². The maximum Gasteiger partial charge on any atom is 0.310 e. The number of carbonyl (C=O) groups is 2. The molecule has 1 aromatic carbocycles. The molecule has 0 spiro atoms. The van der Waals surface area contributed by atoms with E-state index >= 15 is 0 Å². The van der Waals surface area contributed by atoms with E-state index in [4.69, 9.17) is 10.2 Å². The predicted molar refractivity (Wildman–Crippen MR) is 56.4 cm³/mol. The third kappa shape index (κ3) is 1.66. The number of fused-ring (bicyclic) bond motifs is 1. The molecule has 2 rings (SSSR count). The average molecular weight is 220 g/mol. The highest BCUT2D eigenvalue weighted by atomic mass is 16.4. The van der Waals surface area contributed by atoms with Crippen molar-refractivity contribution in [2.24, 2.45) is 0 Å². The van der Waals surface area contributed by atoms with Crippen LogP contribution in [0.15, 0.2) is 24.3 Å². The van der Waals surface area contributed by atoms with Gasteiger partial charge in [0.25, 0.3) is 0 Å². The Kier molecular flexibility index (Phi) is 2.64. The maximum absolute atomic E-state index is 11.0. The van der Waals surface area contributed by atoms with Crippen molar-refractivity contribution in [2.45, 2.75) is 24.7 Å². The number of carboxylic acid groups (broad SMARTS) is 2. The van der Waals surface area contributed by atoms with Crippen LogP contribution in [0.1, 0.15) is 35.8 Å². The molecule has 4 nitrogen and oxygen atoms in total. The first kappa shape index (κ1) is 10.7. The van der Waals surface area contributed by atoms with E-state index in [2.05, 4.69) is 0 Å². The lowest BCUT2D eigenvalue weighted by Gasteiger charge is -2.26. The average Bonchev–Trinajstić information content (AvgIpc) is 2.27. The summed E-state index contributed by atoms with van der Waals surface area (Å²) in [5.74, 6) is -2.88. The summed E-state index contributed by atoms with van der Waals surface area (Å²) in [5.41, 5.74) is 1.29. The molecule has 0 amide bonds. The van der Waals surface area contributed by atoms with Gasteiger partial charge in [0.05, 0.1) is 11.8 Å². The molecule has 1 aromatic rings. The molecule has 1 aliphatic carbocycles. The lowest BCUT2D eigenvalue weighted by atomic mass is 9.77. The fourth-order valence-corrected chi connectivity index (χ4v) is 2.30. The molecule has 16 heavy (non-hydrogen) atoms. The molecule has 0 aromatic heterocycles. The largest absolute Gasteiger partial charge is 0.481 e. The molecule has 2 atom stereocenters. The first-order valence-corrected chi connectivity index (χ1v) is 5.15. The van der Waals surface area contributed by atoms with Crippen molar-refractivity contribution in [1.82, 2.24) is 0 Å². The van der Waals surface area contributed by atoms with Crippen LogP contribution in [0, 0.1) is 0 Å². The van der Waals surface area contributed by atoms with Gasteiger partial charge in [-0.3, -0.25) is 9.59 Å². The number of rotatable bonds is 2. The molecule has 84 valence electrons. The van der Waals surface area contributed by atoms with Crippen molar-refractivity contribution in [3.63, 3.8) is 0 Å². The predicted octanol–water partition coefficient (Wildman–Crippen LogP) is 1.82. The minimum Gasteiger partial charge on any atom is -0.481 e. The Labute approximate surface area is 92.5 Å². The molecular formula is C12H12O4. The Bertz CT molecular complexity index is 397. The maximum atomic E-state index is 11.0. The van der Waals surface area contributed by atoms with E-state index in [-0.39, 0.29) is 0 Å². The molecule has 0 fully saturated rings. The summed E-state index contributed by atoms with van der Waals surface area (Å²) in [4.78, 5) is 22.1. The number of hydrogen-bond donors (Lipinski definition) is 2. The summed E-state index contributed by atoms with van der Waals surface area (Å²) in [7, 11) is 0. The van der Waals surface area contributed by atoms with E-state index in [0.29, 0.717) is 24.0 Å². The van der Waals surface area contributed by atoms with E-state index < -0.39 is 23.8 Å². The van der Waals surface area contributed by atoms with Gasteiger partial charge in [0.2, 0.25) is 0 Å². The summed E-state index contributed by atoms with van der Waals surface area (Å²) < 4.78 is 0. The van der Waals surface area contributed by atoms with Gasteiger partial charge in [-0.2, -0.15) is 0 Å². The van der Waals surface area contributed by atoms with Crippen LogP contribution < -0.4 is 0 Å². The van der Waals surface area contributed by atoms with Crippen LogP contribution in [0.3, 0.4) is 0 Å². The van der Waals surface area contributed by atoms with Crippen molar-refractivity contribution < 1.29 is 19.8 Å². The van der Waals surface area contributed by atoms with Crippen LogP contribution in [0.25, 0.3) is 0 Å². The second kappa shape index (κ2) is 3.96. The smallest absolute Gasteiger partial charge is 0.310 e. The second-order valence-electron chi connectivity index (χ2n) is 3.99. The molecule has 0 saturated heterocycles. The standard InChI is InChI=1S/C12H12O4/c13-11(14)9-5-6-10(12(15)16)8-4-2-1-3-7(8)9/h1-4,9-10H,5-6H2,(H,13,14)(H,15,16)/t9-,10-/m0/s1. The second-order valence-corrected chi connectivity index (χ2v) is 3.99. The van der Waals surface area contributed by atoms with Gasteiger partial charge < -0.3 is 10.2 Å². The number of hydrogen-bond acceptors (Lipinski definition) is 2. The molecular weight excluding hydrogens is 208 g/mol. The Morgan fingerprint density at radius 3 is 1.62 bits per heavy atom. The van der Waals surface area contributed by atoms with Gasteiger partial charge in [-0.1, -0.05) is 24.3 Å². The Balaban J connectivity index is 2.48. The van der Waals surface area contributed by atoms with Crippen LogP contribution in [0.4, 0.5) is 0 Å². The minimum absolute atomic E-state index is 0.392. The molecule has 0 radical (unpaired) electrons. The highest BCUT2D eigenvalue weighted by Gasteiger charge is 2.34. The molecule has 1 aliphatic rings. The van der Waals surface area contributed by atoms with Gasteiger partial charge in [-0.25, -0.2) is 0 Å². The van der Waals surface area contributed by atoms with Crippen LogP contribution in [0.2, 0.25) is 0 Å². The third-order valence-corrected chi connectivity index (χ3v) is 3.09. The van der Waals surface area contributed by atoms with Crippen molar-refractivity contribution in [3.05, 3.63) is 35.4 Å². The zero-order valence-electron chi connectivity index (χ0n) is 8.59. The summed E-state index contributed by atoms with van der Waals surface area (Å²) in [6.07, 6.45) is 0.784. The van der Waals surface area contributed by atoms with E-state index in [1.165, 1.54) is 0 Å². The normalized spacial score (nSPS) is 23.5. The van der Waals surface area contributed by atoms with E-state index in [1.807, 2.05) is 0 Å². The summed E-state index contributed by atoms with van der Waals surface area (Å²) in [6, 6.07) is 6.92. The van der Waals surface area contributed by atoms with E-state index in [1.54, 1.807) is 24.3 Å². The van der Waals surface area contributed by atoms with Gasteiger partial charge >= 0.3 is 11.9 Å². The lowest BCUT2D eigenvalue weighted by Crippen LogP contribution is -2.24. The summed E-state index contributed by atoms with van der Waals surface area (Å²) in [5, 5.41) is 18.1. The highest BCUT2D eigenvalue weighted by Crippen LogP contribution is 2.38. The number of aliphatic carboxylic acids is 2. The highest BCUT2D eigenvalue weighted by molar-refractivity contribution is 5.82. The van der Waals surface area contributed by atoms with Crippen molar-refractivity contribution in [3.8, 4) is 0 Å². The van der Waals surface area contributed by atoms with E-state index in [0.717, 1.165) is 0 Å². The lowest BCUT2D eigenvalue weighted by molar-refractivity contribution is -0.142. The summed E-state index contributed by atoms with van der Waals surface area (Å²) in [6.45, 7) is 0. The monoisotopic (exact) mass is 220 g/mol. The first-order chi connectivity index (χ1) is 7.61. The first-order valence-electron chi connectivity index (χ1n) is 5.15. The zero-order valence-corrected chi connectivity index (χ0v) is 8.59. The van der Waals surface area contributed by atoms with Gasteiger partial charge in [-0.05, 0) is 24.0 Å². The van der Waals surface area contributed by atoms with Crippen LogP contribution in [-0.2, 0) is 9.59 Å². The molecule has 4 heteroatoms. The minimum atomic E-state index is -0.878. The Morgan fingerprint density at radius 1 is 0.938 bits per heavy atom. The van der Waals surface area contributed by atoms with Gasteiger partial charge in [0.1, 0.15) is 0 Å². The summed E-state index contributed by atoms with van der Waals surface area (Å²) >= 11 is 0. The molecule has 0 bridgehead atoms. The van der Waals surface area contributed by atoms with Crippen LogP contribution in [-0.4, -0.2) is 22.2 Å². The fraction of sp³-hybridized carbons (Fsp3) is 0.333. The molecule has 2 N–H and O–H groups in total. The van der Waals surface area contributed by atoms with Crippen molar-refractivity contribution in [1.29, 1.82) is 0 Å². The quantitative estimate of drug-likeness (QED) is 0.797. The van der Waals surface area contributed by atoms with Crippen molar-refractivity contribution in [2.75, 3.05) is 0 Å². The topological polar surface area (TPSA) is 74.6 Å². The molecule has 0 saturated carbocycles. The van der Waals surface area contributed by atoms with Gasteiger partial charge in [0, 0.05) is 0 Å². The zero-order chi connectivity index (χ0) is 11.7. The Hall–Kier alpha value is -1.84. The van der Waals surface area contributed by atoms with Gasteiger partial charge in [-0.15, -0.1) is 0 Å². The van der Waals surface area contributed by atoms with Crippen LogP contribution >= 0.6 is 0 Å². The number of benzene rings is 1. The Morgan fingerprint density at radius 2 is 1.31 bits per heavy atom. The number of carboxylic acids is 2. The molecule has 0 aliphatic heterocycles. The third-order valence-electron chi connectivity index (χ3n) is 3.09. The molecule has 0 unspecified atom stereocenters. The van der Waals surface area contributed by atoms with Crippen LogP contribution in [0.5, 0.6) is 0 Å². The molecule has 0 heterocycles.